The molecule has 0 saturated carbocycles. The van der Waals surface area contributed by atoms with Crippen molar-refractivity contribution in [1.29, 1.82) is 0 Å². The molecule has 6 nitrogen and oxygen atoms in total. The smallest absolute Gasteiger partial charge is 0.305 e. The maximum atomic E-state index is 13.3. The zero-order valence-corrected chi connectivity index (χ0v) is 20.4. The summed E-state index contributed by atoms with van der Waals surface area (Å²) in [7, 11) is 1.62. The van der Waals surface area contributed by atoms with Gasteiger partial charge in [-0.1, -0.05) is 36.4 Å². The van der Waals surface area contributed by atoms with Crippen molar-refractivity contribution in [2.24, 2.45) is 4.99 Å². The van der Waals surface area contributed by atoms with Gasteiger partial charge in [0.25, 0.3) is 5.91 Å². The van der Waals surface area contributed by atoms with Gasteiger partial charge in [0.05, 0.1) is 19.4 Å². The minimum atomic E-state index is -0.195. The molecule has 0 atom stereocenters. The molecule has 1 aliphatic heterocycles. The summed E-state index contributed by atoms with van der Waals surface area (Å²) < 4.78 is 16.7. The first-order valence-corrected chi connectivity index (χ1v) is 11.8. The third-order valence-electron chi connectivity index (χ3n) is 5.61. The highest BCUT2D eigenvalue weighted by Gasteiger charge is 2.34. The summed E-state index contributed by atoms with van der Waals surface area (Å²) in [4.78, 5) is 19.5. The highest BCUT2D eigenvalue weighted by atomic mass is 16.5. The monoisotopic (exact) mass is 470 g/mol. The number of methoxy groups -OCH3 is 1. The first kappa shape index (κ1) is 24.1. The molecule has 6 heteroatoms. The summed E-state index contributed by atoms with van der Waals surface area (Å²) in [6.07, 6.45) is 3.33. The van der Waals surface area contributed by atoms with Gasteiger partial charge in [0.1, 0.15) is 11.5 Å². The van der Waals surface area contributed by atoms with Crippen LogP contribution in [-0.4, -0.2) is 37.1 Å². The van der Waals surface area contributed by atoms with E-state index in [-0.39, 0.29) is 11.7 Å². The van der Waals surface area contributed by atoms with Gasteiger partial charge in [-0.2, -0.15) is 4.99 Å². The Labute approximate surface area is 206 Å². The lowest BCUT2D eigenvalue weighted by atomic mass is 10.1. The van der Waals surface area contributed by atoms with Crippen molar-refractivity contribution in [3.8, 4) is 11.5 Å². The van der Waals surface area contributed by atoms with Crippen LogP contribution in [0.3, 0.4) is 0 Å². The minimum Gasteiger partial charge on any atom is -0.497 e. The van der Waals surface area contributed by atoms with Crippen LogP contribution in [0.1, 0.15) is 30.0 Å². The molecule has 3 aromatic rings. The van der Waals surface area contributed by atoms with Crippen molar-refractivity contribution in [2.75, 3.05) is 20.3 Å². The fraction of sp³-hybridized carbons (Fsp3) is 0.241. The molecule has 3 aromatic carbocycles. The van der Waals surface area contributed by atoms with Crippen molar-refractivity contribution in [2.45, 2.75) is 26.7 Å². The fourth-order valence-electron chi connectivity index (χ4n) is 3.81. The van der Waals surface area contributed by atoms with E-state index < -0.39 is 0 Å². The molecule has 0 aromatic heterocycles. The summed E-state index contributed by atoms with van der Waals surface area (Å²) in [6.45, 7) is 5.12. The van der Waals surface area contributed by atoms with Gasteiger partial charge < -0.3 is 14.2 Å². The van der Waals surface area contributed by atoms with Crippen LogP contribution in [0.15, 0.2) is 83.5 Å². The molecule has 0 unspecified atom stereocenters. The number of amides is 1. The Balaban J connectivity index is 1.52. The molecule has 1 heterocycles. The van der Waals surface area contributed by atoms with E-state index in [9.17, 15) is 4.79 Å². The van der Waals surface area contributed by atoms with Crippen LogP contribution in [0.5, 0.6) is 11.5 Å². The van der Waals surface area contributed by atoms with Gasteiger partial charge in [-0.05, 0) is 85.9 Å². The third-order valence-corrected chi connectivity index (χ3v) is 5.61. The zero-order chi connectivity index (χ0) is 24.6. The average Bonchev–Trinajstić information content (AvgIpc) is 3.14. The van der Waals surface area contributed by atoms with Crippen LogP contribution in [-0.2, 0) is 16.0 Å². The van der Waals surface area contributed by atoms with Gasteiger partial charge in [-0.25, -0.2) is 0 Å². The summed E-state index contributed by atoms with van der Waals surface area (Å²) >= 11 is 0. The van der Waals surface area contributed by atoms with Crippen molar-refractivity contribution in [1.82, 2.24) is 4.90 Å². The van der Waals surface area contributed by atoms with E-state index in [0.29, 0.717) is 19.2 Å². The molecule has 0 spiro atoms. The van der Waals surface area contributed by atoms with Crippen molar-refractivity contribution < 1.29 is 19.0 Å². The number of ether oxygens (including phenoxy) is 3. The molecule has 0 radical (unpaired) electrons. The normalized spacial score (nSPS) is 15.5. The molecule has 1 aliphatic rings. The van der Waals surface area contributed by atoms with E-state index in [2.05, 4.69) is 17.1 Å². The fourth-order valence-corrected chi connectivity index (χ4v) is 3.81. The number of amidine groups is 1. The maximum absolute atomic E-state index is 13.3. The standard InChI is InChI=1S/C29H30N2O4/c1-4-34-26-16-10-22(11-17-26)8-6-18-31-28(32)27(20-23-12-14-25(33-3)15-13-23)35-29(31)30-24-9-5-7-21(2)19-24/h5,7,9-17,19-20H,4,6,8,18H2,1-3H3/b27-20+,30-29-. The predicted molar refractivity (Wildman–Crippen MR) is 138 cm³/mol. The van der Waals surface area contributed by atoms with Gasteiger partial charge in [-0.3, -0.25) is 9.69 Å². The van der Waals surface area contributed by atoms with E-state index in [4.69, 9.17) is 14.2 Å². The molecule has 35 heavy (non-hydrogen) atoms. The molecule has 1 saturated heterocycles. The lowest BCUT2D eigenvalue weighted by Crippen LogP contribution is -2.31. The number of hydrogen-bond acceptors (Lipinski definition) is 5. The Morgan fingerprint density at radius 1 is 1.00 bits per heavy atom. The van der Waals surface area contributed by atoms with Crippen molar-refractivity contribution in [3.63, 3.8) is 0 Å². The number of benzene rings is 3. The SMILES string of the molecule is CCOc1ccc(CCCN2C(=O)/C(=C\c3ccc(OC)cc3)O/C2=N\c2cccc(C)c2)cc1. The third kappa shape index (κ3) is 6.29. The molecule has 4 rings (SSSR count). The minimum absolute atomic E-state index is 0.195. The molecule has 1 fully saturated rings. The summed E-state index contributed by atoms with van der Waals surface area (Å²) in [6, 6.07) is 23.6. The Morgan fingerprint density at radius 3 is 2.43 bits per heavy atom. The topological polar surface area (TPSA) is 60.4 Å². The van der Waals surface area contributed by atoms with Gasteiger partial charge in [0, 0.05) is 6.54 Å². The molecule has 0 bridgehead atoms. The number of nitrogens with zero attached hydrogens (tertiary/aromatic N) is 2. The largest absolute Gasteiger partial charge is 0.497 e. The van der Waals surface area contributed by atoms with E-state index in [1.54, 1.807) is 18.1 Å². The molecule has 1 amide bonds. The van der Waals surface area contributed by atoms with Gasteiger partial charge in [0.2, 0.25) is 0 Å². The van der Waals surface area contributed by atoms with Crippen LogP contribution >= 0.6 is 0 Å². The number of carbonyl (C=O) groups is 1. The summed E-state index contributed by atoms with van der Waals surface area (Å²) in [5, 5.41) is 0. The Hall–Kier alpha value is -4.06. The highest BCUT2D eigenvalue weighted by molar-refractivity contribution is 6.11. The average molecular weight is 471 g/mol. The molecule has 0 aliphatic carbocycles. The van der Waals surface area contributed by atoms with Crippen LogP contribution in [0.2, 0.25) is 0 Å². The predicted octanol–water partition coefficient (Wildman–Crippen LogP) is 5.92. The molecule has 180 valence electrons. The number of rotatable bonds is 9. The molecular formula is C29H30N2O4. The van der Waals surface area contributed by atoms with Crippen LogP contribution < -0.4 is 9.47 Å². The Morgan fingerprint density at radius 2 is 1.74 bits per heavy atom. The second-order valence-corrected chi connectivity index (χ2v) is 8.25. The number of aliphatic imine (C=N–C) groups is 1. The second kappa shape index (κ2) is 11.4. The quantitative estimate of drug-likeness (QED) is 0.364. The summed E-state index contributed by atoms with van der Waals surface area (Å²) in [5.74, 6) is 1.67. The van der Waals surface area contributed by atoms with E-state index in [0.717, 1.165) is 41.2 Å². The van der Waals surface area contributed by atoms with Gasteiger partial charge >= 0.3 is 6.02 Å². The molecular weight excluding hydrogens is 440 g/mol. The van der Waals surface area contributed by atoms with Crippen LogP contribution in [0.4, 0.5) is 5.69 Å². The van der Waals surface area contributed by atoms with Crippen molar-refractivity contribution >= 4 is 23.7 Å². The Bertz CT molecular complexity index is 1210. The van der Waals surface area contributed by atoms with Gasteiger partial charge in [-0.15, -0.1) is 0 Å². The van der Waals surface area contributed by atoms with Crippen LogP contribution in [0.25, 0.3) is 6.08 Å². The lowest BCUT2D eigenvalue weighted by Gasteiger charge is -2.13. The van der Waals surface area contributed by atoms with E-state index in [1.165, 1.54) is 5.56 Å². The highest BCUT2D eigenvalue weighted by Crippen LogP contribution is 2.25. The number of carbonyl (C=O) groups excluding carboxylic acids is 1. The maximum Gasteiger partial charge on any atom is 0.305 e. The first-order valence-electron chi connectivity index (χ1n) is 11.8. The number of aryl methyl sites for hydroxylation is 2. The summed E-state index contributed by atoms with van der Waals surface area (Å²) in [5.41, 5.74) is 3.87. The van der Waals surface area contributed by atoms with E-state index >= 15 is 0 Å². The Kier molecular flexibility index (Phi) is 7.83. The molecule has 0 N–H and O–H groups in total. The first-order chi connectivity index (χ1) is 17.1. The van der Waals surface area contributed by atoms with Gasteiger partial charge in [0.15, 0.2) is 5.76 Å². The van der Waals surface area contributed by atoms with E-state index in [1.807, 2.05) is 74.5 Å². The second-order valence-electron chi connectivity index (χ2n) is 8.25. The zero-order valence-electron chi connectivity index (χ0n) is 20.4. The lowest BCUT2D eigenvalue weighted by molar-refractivity contribution is -0.122. The van der Waals surface area contributed by atoms with Crippen molar-refractivity contribution in [3.05, 3.63) is 95.2 Å². The van der Waals surface area contributed by atoms with Crippen LogP contribution in [0, 0.1) is 6.92 Å². The number of hydrogen-bond donors (Lipinski definition) is 0.